The highest BCUT2D eigenvalue weighted by Crippen LogP contribution is 2.28. The molecule has 0 saturated heterocycles. The number of carboxylic acids is 1. The van der Waals surface area contributed by atoms with Gasteiger partial charge in [0.15, 0.2) is 5.54 Å². The number of carboxylic acid groups (broad SMARTS) is 1. The van der Waals surface area contributed by atoms with Gasteiger partial charge >= 0.3 is 5.97 Å². The van der Waals surface area contributed by atoms with Crippen LogP contribution < -0.4 is 0 Å². The Labute approximate surface area is 94.8 Å². The summed E-state index contributed by atoms with van der Waals surface area (Å²) in [4.78, 5) is 15.6. The molecule has 3 nitrogen and oxygen atoms in total. The fourth-order valence-electron chi connectivity index (χ4n) is 2.12. The molecule has 0 aliphatic carbocycles. The van der Waals surface area contributed by atoms with E-state index in [-0.39, 0.29) is 0 Å². The molecule has 0 aromatic heterocycles. The molecule has 1 aliphatic heterocycles. The minimum absolute atomic E-state index is 0.474. The zero-order valence-electron chi connectivity index (χ0n) is 9.53. The van der Waals surface area contributed by atoms with Crippen molar-refractivity contribution in [2.45, 2.75) is 32.2 Å². The van der Waals surface area contributed by atoms with Gasteiger partial charge in [-0.25, -0.2) is 4.79 Å². The Morgan fingerprint density at radius 3 is 2.81 bits per heavy atom. The van der Waals surface area contributed by atoms with Gasteiger partial charge in [-0.1, -0.05) is 31.2 Å². The molecule has 0 amide bonds. The summed E-state index contributed by atoms with van der Waals surface area (Å²) >= 11 is 0. The van der Waals surface area contributed by atoms with Crippen LogP contribution in [0.1, 0.15) is 31.4 Å². The second-order valence-corrected chi connectivity index (χ2v) is 4.32. The van der Waals surface area contributed by atoms with Crippen LogP contribution in [0.2, 0.25) is 0 Å². The normalized spacial score (nSPS) is 23.5. The summed E-state index contributed by atoms with van der Waals surface area (Å²) in [7, 11) is 0. The molecule has 0 fully saturated rings. The van der Waals surface area contributed by atoms with Gasteiger partial charge in [0.25, 0.3) is 0 Å². The Bertz CT molecular complexity index is 465. The van der Waals surface area contributed by atoms with E-state index in [1.54, 1.807) is 6.92 Å². The predicted octanol–water partition coefficient (Wildman–Crippen LogP) is 2.29. The van der Waals surface area contributed by atoms with Crippen LogP contribution >= 0.6 is 0 Å². The molecule has 1 atom stereocenters. The van der Waals surface area contributed by atoms with E-state index in [1.807, 2.05) is 31.2 Å². The quantitative estimate of drug-likeness (QED) is 0.826. The fraction of sp³-hybridized carbons (Fsp3) is 0.385. The van der Waals surface area contributed by atoms with Crippen molar-refractivity contribution in [3.63, 3.8) is 0 Å². The maximum Gasteiger partial charge on any atom is 0.331 e. The lowest BCUT2D eigenvalue weighted by Gasteiger charge is -2.28. The van der Waals surface area contributed by atoms with Crippen molar-refractivity contribution in [1.82, 2.24) is 0 Å². The van der Waals surface area contributed by atoms with Gasteiger partial charge in [-0.2, -0.15) is 0 Å². The third-order valence-electron chi connectivity index (χ3n) is 3.04. The highest BCUT2D eigenvalue weighted by atomic mass is 16.4. The van der Waals surface area contributed by atoms with E-state index in [9.17, 15) is 9.90 Å². The van der Waals surface area contributed by atoms with E-state index in [0.717, 1.165) is 23.3 Å². The number of benzene rings is 1. The molecule has 2 rings (SSSR count). The average Bonchev–Trinajstić information content (AvgIpc) is 2.27. The van der Waals surface area contributed by atoms with Crippen LogP contribution in [0, 0.1) is 0 Å². The smallest absolute Gasteiger partial charge is 0.331 e. The van der Waals surface area contributed by atoms with E-state index in [0.29, 0.717) is 6.42 Å². The molecule has 0 spiro atoms. The van der Waals surface area contributed by atoms with Crippen molar-refractivity contribution >= 4 is 11.7 Å². The van der Waals surface area contributed by atoms with E-state index < -0.39 is 11.5 Å². The van der Waals surface area contributed by atoms with Gasteiger partial charge in [0, 0.05) is 12.1 Å². The molecule has 0 saturated carbocycles. The molecule has 1 aliphatic rings. The Kier molecular flexibility index (Phi) is 2.54. The molecule has 0 radical (unpaired) electrons. The van der Waals surface area contributed by atoms with Crippen LogP contribution in [0.4, 0.5) is 0 Å². The first-order valence-corrected chi connectivity index (χ1v) is 5.47. The molecule has 3 heteroatoms. The van der Waals surface area contributed by atoms with Gasteiger partial charge in [-0.05, 0) is 24.5 Å². The SMILES string of the molecule is CCC1=N[C@@](C)(C(=O)O)Cc2ccccc21. The van der Waals surface area contributed by atoms with Crippen LogP contribution in [-0.4, -0.2) is 22.3 Å². The number of aliphatic carboxylic acids is 1. The first kappa shape index (κ1) is 10.9. The molecular formula is C13H15NO2. The number of aliphatic imine (C=N–C) groups is 1. The lowest BCUT2D eigenvalue weighted by atomic mass is 9.85. The van der Waals surface area contributed by atoms with Crippen molar-refractivity contribution in [3.8, 4) is 0 Å². The van der Waals surface area contributed by atoms with Gasteiger partial charge in [-0.15, -0.1) is 0 Å². The van der Waals surface area contributed by atoms with Crippen molar-refractivity contribution in [3.05, 3.63) is 35.4 Å². The number of nitrogens with zero attached hydrogens (tertiary/aromatic N) is 1. The largest absolute Gasteiger partial charge is 0.479 e. The molecule has 0 bridgehead atoms. The zero-order valence-corrected chi connectivity index (χ0v) is 9.53. The third kappa shape index (κ3) is 1.62. The predicted molar refractivity (Wildman–Crippen MR) is 63.0 cm³/mol. The summed E-state index contributed by atoms with van der Waals surface area (Å²) in [5.74, 6) is -0.854. The van der Waals surface area contributed by atoms with E-state index in [2.05, 4.69) is 4.99 Å². The van der Waals surface area contributed by atoms with Gasteiger partial charge in [0.1, 0.15) is 0 Å². The first-order chi connectivity index (χ1) is 7.57. The van der Waals surface area contributed by atoms with Gasteiger partial charge in [0.2, 0.25) is 0 Å². The number of rotatable bonds is 2. The summed E-state index contributed by atoms with van der Waals surface area (Å²) in [5.41, 5.74) is 2.08. The van der Waals surface area contributed by atoms with Gasteiger partial charge in [-0.3, -0.25) is 4.99 Å². The van der Waals surface area contributed by atoms with Crippen LogP contribution in [0.5, 0.6) is 0 Å². The maximum absolute atomic E-state index is 11.2. The van der Waals surface area contributed by atoms with Crippen LogP contribution in [0.3, 0.4) is 0 Å². The Morgan fingerprint density at radius 1 is 1.50 bits per heavy atom. The van der Waals surface area contributed by atoms with Crippen molar-refractivity contribution in [1.29, 1.82) is 0 Å². The summed E-state index contributed by atoms with van der Waals surface area (Å²) in [6.45, 7) is 3.68. The molecular weight excluding hydrogens is 202 g/mol. The highest BCUT2D eigenvalue weighted by Gasteiger charge is 2.37. The summed E-state index contributed by atoms with van der Waals surface area (Å²) in [6, 6.07) is 7.91. The number of hydrogen-bond donors (Lipinski definition) is 1. The Hall–Kier alpha value is -1.64. The molecule has 1 heterocycles. The van der Waals surface area contributed by atoms with Gasteiger partial charge < -0.3 is 5.11 Å². The second kappa shape index (κ2) is 3.74. The summed E-state index contributed by atoms with van der Waals surface area (Å²) in [6.07, 6.45) is 1.24. The lowest BCUT2D eigenvalue weighted by molar-refractivity contribution is -0.142. The molecule has 1 aromatic rings. The number of hydrogen-bond acceptors (Lipinski definition) is 2. The van der Waals surface area contributed by atoms with E-state index in [1.165, 1.54) is 0 Å². The minimum atomic E-state index is -1.00. The molecule has 0 unspecified atom stereocenters. The van der Waals surface area contributed by atoms with Gasteiger partial charge in [0.05, 0.1) is 0 Å². The third-order valence-corrected chi connectivity index (χ3v) is 3.04. The molecule has 16 heavy (non-hydrogen) atoms. The molecule has 1 N–H and O–H groups in total. The Balaban J connectivity index is 2.55. The van der Waals surface area contributed by atoms with E-state index in [4.69, 9.17) is 0 Å². The summed E-state index contributed by atoms with van der Waals surface area (Å²) in [5, 5.41) is 9.23. The van der Waals surface area contributed by atoms with E-state index >= 15 is 0 Å². The topological polar surface area (TPSA) is 49.7 Å². The highest BCUT2D eigenvalue weighted by molar-refractivity contribution is 6.04. The first-order valence-electron chi connectivity index (χ1n) is 5.47. The lowest BCUT2D eigenvalue weighted by Crippen LogP contribution is -2.39. The monoisotopic (exact) mass is 217 g/mol. The fourth-order valence-corrected chi connectivity index (χ4v) is 2.12. The van der Waals surface area contributed by atoms with Crippen LogP contribution in [0.15, 0.2) is 29.3 Å². The maximum atomic E-state index is 11.2. The number of fused-ring (bicyclic) bond motifs is 1. The number of carbonyl (C=O) groups is 1. The van der Waals surface area contributed by atoms with Crippen molar-refractivity contribution in [2.75, 3.05) is 0 Å². The average molecular weight is 217 g/mol. The molecule has 84 valence electrons. The second-order valence-electron chi connectivity index (χ2n) is 4.32. The standard InChI is InChI=1S/C13H15NO2/c1-3-11-10-7-5-4-6-9(10)8-13(2,14-11)12(15)16/h4-7H,3,8H2,1-2H3,(H,15,16)/t13-/m1/s1. The zero-order chi connectivity index (χ0) is 11.8. The van der Waals surface area contributed by atoms with Crippen molar-refractivity contribution in [2.24, 2.45) is 4.99 Å². The summed E-state index contributed by atoms with van der Waals surface area (Å²) < 4.78 is 0. The van der Waals surface area contributed by atoms with Crippen LogP contribution in [-0.2, 0) is 11.2 Å². The Morgan fingerprint density at radius 2 is 2.19 bits per heavy atom. The van der Waals surface area contributed by atoms with Crippen LogP contribution in [0.25, 0.3) is 0 Å². The molecule has 1 aromatic carbocycles. The minimum Gasteiger partial charge on any atom is -0.479 e. The van der Waals surface area contributed by atoms with Crippen molar-refractivity contribution < 1.29 is 9.90 Å².